The number of hydrogen-bond acceptors (Lipinski definition) is 1. The molecule has 0 saturated heterocycles. The molecule has 1 N–H and O–H groups in total. The molecule has 3 atom stereocenters. The predicted molar refractivity (Wildman–Crippen MR) is 119 cm³/mol. The highest BCUT2D eigenvalue weighted by atomic mass is 35.5. The van der Waals surface area contributed by atoms with Gasteiger partial charge >= 0.3 is 0 Å². The number of halogens is 3. The van der Waals surface area contributed by atoms with Crippen LogP contribution in [0.25, 0.3) is 10.8 Å². The Morgan fingerprint density at radius 1 is 0.929 bits per heavy atom. The van der Waals surface area contributed by atoms with Crippen LogP contribution in [0.4, 0.5) is 5.69 Å². The van der Waals surface area contributed by atoms with Crippen molar-refractivity contribution in [2.45, 2.75) is 31.2 Å². The molecule has 0 unspecified atom stereocenters. The fourth-order valence-electron chi connectivity index (χ4n) is 5.51. The van der Waals surface area contributed by atoms with E-state index in [2.05, 4.69) is 47.8 Å². The van der Waals surface area contributed by atoms with Gasteiger partial charge < -0.3 is 5.32 Å². The third-order valence-electron chi connectivity index (χ3n) is 6.73. The van der Waals surface area contributed by atoms with Crippen molar-refractivity contribution in [3.63, 3.8) is 0 Å². The molecule has 1 nitrogen and oxygen atoms in total. The van der Waals surface area contributed by atoms with Gasteiger partial charge in [-0.15, -0.1) is 0 Å². The van der Waals surface area contributed by atoms with Crippen molar-refractivity contribution in [2.75, 3.05) is 5.32 Å². The van der Waals surface area contributed by atoms with E-state index in [1.165, 1.54) is 27.5 Å². The summed E-state index contributed by atoms with van der Waals surface area (Å²) in [6.07, 6.45) is 7.85. The number of anilines is 1. The summed E-state index contributed by atoms with van der Waals surface area (Å²) in [5.41, 5.74) is 6.27. The van der Waals surface area contributed by atoms with E-state index in [1.54, 1.807) is 6.07 Å². The van der Waals surface area contributed by atoms with E-state index >= 15 is 0 Å². The number of aryl methyl sites for hydroxylation is 2. The first kappa shape index (κ1) is 17.2. The minimum atomic E-state index is 0.187. The normalized spacial score (nSPS) is 24.3. The summed E-state index contributed by atoms with van der Waals surface area (Å²) in [5.74, 6) is 0.631. The number of fused-ring (bicyclic) bond motifs is 3. The molecule has 0 spiro atoms. The predicted octanol–water partition coefficient (Wildman–Crippen LogP) is 7.73. The molecule has 1 heterocycles. The molecule has 1 aliphatic heterocycles. The summed E-state index contributed by atoms with van der Waals surface area (Å²) in [6, 6.07) is 13.3. The quantitative estimate of drug-likeness (QED) is 0.310. The summed E-state index contributed by atoms with van der Waals surface area (Å²) in [4.78, 5) is 0. The monoisotopic (exact) mass is 425 g/mol. The Labute approximate surface area is 179 Å². The van der Waals surface area contributed by atoms with Gasteiger partial charge in [-0.05, 0) is 58.7 Å². The highest BCUT2D eigenvalue weighted by Crippen LogP contribution is 2.55. The molecule has 3 aromatic carbocycles. The van der Waals surface area contributed by atoms with Crippen LogP contribution in [0.1, 0.15) is 40.6 Å². The molecule has 0 fully saturated rings. The summed E-state index contributed by atoms with van der Waals surface area (Å²) < 4.78 is 0. The van der Waals surface area contributed by atoms with Crippen LogP contribution < -0.4 is 5.32 Å². The van der Waals surface area contributed by atoms with E-state index in [9.17, 15) is 0 Å². The van der Waals surface area contributed by atoms with Gasteiger partial charge in [-0.3, -0.25) is 0 Å². The maximum absolute atomic E-state index is 6.62. The molecule has 6 rings (SSSR count). The molecule has 140 valence electrons. The molecule has 4 heteroatoms. The van der Waals surface area contributed by atoms with E-state index in [1.807, 2.05) is 0 Å². The Balaban J connectivity index is 1.58. The van der Waals surface area contributed by atoms with Crippen LogP contribution in [-0.2, 0) is 12.8 Å². The van der Waals surface area contributed by atoms with Crippen LogP contribution in [0.5, 0.6) is 0 Å². The number of allylic oxidation sites excluding steroid dienone is 2. The van der Waals surface area contributed by atoms with Gasteiger partial charge in [-0.1, -0.05) is 77.3 Å². The lowest BCUT2D eigenvalue weighted by Gasteiger charge is -2.39. The second-order valence-electron chi connectivity index (χ2n) is 8.07. The number of nitrogens with one attached hydrogen (secondary N) is 1. The third-order valence-corrected chi connectivity index (χ3v) is 7.83. The first-order valence-electron chi connectivity index (χ1n) is 9.77. The minimum Gasteiger partial charge on any atom is -0.376 e. The molecule has 3 aromatic rings. The summed E-state index contributed by atoms with van der Waals surface area (Å²) in [5, 5.41) is 8.36. The number of hydrogen-bond donors (Lipinski definition) is 1. The van der Waals surface area contributed by atoms with Gasteiger partial charge in [0, 0.05) is 11.5 Å². The fourth-order valence-corrected chi connectivity index (χ4v) is 6.32. The highest BCUT2D eigenvalue weighted by molar-refractivity contribution is 6.44. The van der Waals surface area contributed by atoms with Gasteiger partial charge in [0.05, 0.1) is 26.8 Å². The lowest BCUT2D eigenvalue weighted by molar-refractivity contribution is 0.427. The molecule has 0 amide bonds. The van der Waals surface area contributed by atoms with Crippen LogP contribution in [0, 0.1) is 5.92 Å². The van der Waals surface area contributed by atoms with Crippen LogP contribution >= 0.6 is 34.8 Å². The number of rotatable bonds is 1. The van der Waals surface area contributed by atoms with E-state index in [4.69, 9.17) is 34.8 Å². The zero-order valence-corrected chi connectivity index (χ0v) is 17.4. The first-order chi connectivity index (χ1) is 13.6. The number of benzene rings is 3. The van der Waals surface area contributed by atoms with Crippen molar-refractivity contribution in [2.24, 2.45) is 5.92 Å². The maximum Gasteiger partial charge on any atom is 0.0656 e. The Bertz CT molecular complexity index is 1170. The largest absolute Gasteiger partial charge is 0.376 e. The molecule has 0 aromatic heterocycles. The van der Waals surface area contributed by atoms with Crippen molar-refractivity contribution in [3.8, 4) is 0 Å². The molecule has 0 radical (unpaired) electrons. The summed E-state index contributed by atoms with van der Waals surface area (Å²) in [6.45, 7) is 0. The van der Waals surface area contributed by atoms with E-state index in [0.29, 0.717) is 21.0 Å². The third kappa shape index (κ3) is 2.27. The van der Waals surface area contributed by atoms with Gasteiger partial charge in [0.2, 0.25) is 0 Å². The molecule has 28 heavy (non-hydrogen) atoms. The Morgan fingerprint density at radius 2 is 1.75 bits per heavy atom. The average molecular weight is 427 g/mol. The van der Waals surface area contributed by atoms with Crippen molar-refractivity contribution in [1.82, 2.24) is 0 Å². The Hall–Kier alpha value is -1.67. The Kier molecular flexibility index (Phi) is 3.79. The van der Waals surface area contributed by atoms with E-state index in [-0.39, 0.29) is 12.0 Å². The average Bonchev–Trinajstić information content (AvgIpc) is 3.34. The van der Waals surface area contributed by atoms with Crippen molar-refractivity contribution >= 4 is 51.3 Å². The maximum atomic E-state index is 6.62. The fraction of sp³-hybridized carbons (Fsp3) is 0.250. The SMILES string of the molecule is Clc1cc(Cl)c2c(c1Cl)[C@@H]1C=CC[C@@H]1[C@H](c1ccc3c4c(cccc14)CC3)N2. The van der Waals surface area contributed by atoms with Crippen molar-refractivity contribution < 1.29 is 0 Å². The zero-order chi connectivity index (χ0) is 19.0. The second-order valence-corrected chi connectivity index (χ2v) is 9.26. The van der Waals surface area contributed by atoms with Crippen LogP contribution in [-0.4, -0.2) is 0 Å². The lowest BCUT2D eigenvalue weighted by Crippen LogP contribution is -2.29. The van der Waals surface area contributed by atoms with E-state index < -0.39 is 0 Å². The molecule has 0 bridgehead atoms. The highest BCUT2D eigenvalue weighted by Gasteiger charge is 2.41. The van der Waals surface area contributed by atoms with Gasteiger partial charge in [0.1, 0.15) is 0 Å². The van der Waals surface area contributed by atoms with Crippen molar-refractivity contribution in [3.05, 3.63) is 85.9 Å². The molecule has 0 saturated carbocycles. The lowest BCUT2D eigenvalue weighted by atomic mass is 9.76. The van der Waals surface area contributed by atoms with Gasteiger partial charge in [0.15, 0.2) is 0 Å². The van der Waals surface area contributed by atoms with E-state index in [0.717, 1.165) is 30.5 Å². The molecule has 2 aliphatic carbocycles. The summed E-state index contributed by atoms with van der Waals surface area (Å²) >= 11 is 19.6. The van der Waals surface area contributed by atoms with Gasteiger partial charge in [0.25, 0.3) is 0 Å². The zero-order valence-electron chi connectivity index (χ0n) is 15.1. The molecule has 3 aliphatic rings. The molecular formula is C24H18Cl3N. The van der Waals surface area contributed by atoms with Crippen LogP contribution in [0.2, 0.25) is 15.1 Å². The standard InChI is InChI=1S/C24H18Cl3N/c25-18-11-19(26)24-21(22(18)27)15-5-2-6-16(15)23(28-24)17-10-9-13-8-7-12-3-1-4-14(17)20(12)13/h1-5,9-11,15-16,23,28H,6-8H2/t15-,16+,23-/m1/s1. The second kappa shape index (κ2) is 6.16. The van der Waals surface area contributed by atoms with Gasteiger partial charge in [-0.25, -0.2) is 0 Å². The summed E-state index contributed by atoms with van der Waals surface area (Å²) in [7, 11) is 0. The molecular weight excluding hydrogens is 409 g/mol. The first-order valence-corrected chi connectivity index (χ1v) is 10.9. The Morgan fingerprint density at radius 3 is 2.61 bits per heavy atom. The van der Waals surface area contributed by atoms with Crippen LogP contribution in [0.3, 0.4) is 0 Å². The van der Waals surface area contributed by atoms with Crippen molar-refractivity contribution in [1.29, 1.82) is 0 Å². The minimum absolute atomic E-state index is 0.187. The van der Waals surface area contributed by atoms with Crippen LogP contribution in [0.15, 0.2) is 48.6 Å². The smallest absolute Gasteiger partial charge is 0.0656 e. The van der Waals surface area contributed by atoms with Gasteiger partial charge in [-0.2, -0.15) is 0 Å². The topological polar surface area (TPSA) is 12.0 Å².